The van der Waals surface area contributed by atoms with Crippen LogP contribution in [0.1, 0.15) is 28.9 Å². The number of hydrogen-bond donors (Lipinski definition) is 0. The first kappa shape index (κ1) is 20.5. The molecule has 166 valence electrons. The number of nitrogens with zero attached hydrogens (tertiary/aromatic N) is 5. The summed E-state index contributed by atoms with van der Waals surface area (Å²) in [5.41, 5.74) is 0.141. The molecule has 2 fully saturated rings. The van der Waals surface area contributed by atoms with Gasteiger partial charge in [0.25, 0.3) is 5.91 Å². The first-order valence-electron chi connectivity index (χ1n) is 10.2. The topological polar surface area (TPSA) is 73.1 Å². The van der Waals surface area contributed by atoms with Crippen LogP contribution in [-0.4, -0.2) is 49.0 Å². The molecule has 32 heavy (non-hydrogen) atoms. The second kappa shape index (κ2) is 7.61. The van der Waals surface area contributed by atoms with Gasteiger partial charge in [-0.15, -0.1) is 0 Å². The fourth-order valence-electron chi connectivity index (χ4n) is 4.62. The summed E-state index contributed by atoms with van der Waals surface area (Å²) in [6.07, 6.45) is 2.53. The van der Waals surface area contributed by atoms with E-state index >= 15 is 0 Å². The summed E-state index contributed by atoms with van der Waals surface area (Å²) in [5, 5.41) is 0. The lowest BCUT2D eigenvalue weighted by Gasteiger charge is -2.33. The van der Waals surface area contributed by atoms with Crippen molar-refractivity contribution in [3.63, 3.8) is 0 Å². The monoisotopic (exact) mass is 443 g/mol. The molecule has 1 aliphatic heterocycles. The molecule has 3 atom stereocenters. The van der Waals surface area contributed by atoms with E-state index in [4.69, 9.17) is 4.74 Å². The molecule has 3 aromatic rings. The Morgan fingerprint density at radius 2 is 1.97 bits per heavy atom. The summed E-state index contributed by atoms with van der Waals surface area (Å²) in [4.78, 5) is 27.7. The third kappa shape index (κ3) is 3.59. The number of hydrogen-bond acceptors (Lipinski definition) is 5. The van der Waals surface area contributed by atoms with E-state index in [1.165, 1.54) is 6.07 Å². The van der Waals surface area contributed by atoms with Crippen molar-refractivity contribution in [2.75, 3.05) is 6.54 Å². The Morgan fingerprint density at radius 1 is 1.12 bits per heavy atom. The van der Waals surface area contributed by atoms with Gasteiger partial charge in [0.2, 0.25) is 5.88 Å². The van der Waals surface area contributed by atoms with E-state index in [1.807, 2.05) is 17.7 Å². The summed E-state index contributed by atoms with van der Waals surface area (Å²) in [6.45, 7) is 0.598. The third-order valence-corrected chi connectivity index (χ3v) is 6.09. The van der Waals surface area contributed by atoms with Crippen LogP contribution in [0.4, 0.5) is 13.2 Å². The zero-order valence-electron chi connectivity index (χ0n) is 17.2. The van der Waals surface area contributed by atoms with Gasteiger partial charge in [0, 0.05) is 50.0 Å². The van der Waals surface area contributed by atoms with Gasteiger partial charge in [-0.05, 0) is 37.0 Å². The van der Waals surface area contributed by atoms with Gasteiger partial charge in [-0.25, -0.2) is 9.97 Å². The number of carbonyl (C=O) groups excluding carboxylic acids is 1. The zero-order chi connectivity index (χ0) is 22.5. The molecule has 7 nitrogen and oxygen atoms in total. The number of rotatable bonds is 4. The van der Waals surface area contributed by atoms with Gasteiger partial charge >= 0.3 is 6.18 Å². The minimum atomic E-state index is -4.45. The Labute approximate surface area is 181 Å². The van der Waals surface area contributed by atoms with Crippen molar-refractivity contribution in [1.82, 2.24) is 24.4 Å². The van der Waals surface area contributed by atoms with E-state index in [9.17, 15) is 18.0 Å². The highest BCUT2D eigenvalue weighted by molar-refractivity contribution is 5.98. The van der Waals surface area contributed by atoms with Gasteiger partial charge in [-0.3, -0.25) is 9.78 Å². The van der Waals surface area contributed by atoms with Crippen molar-refractivity contribution in [3.05, 3.63) is 60.3 Å². The van der Waals surface area contributed by atoms with Crippen molar-refractivity contribution in [2.24, 2.45) is 13.0 Å². The van der Waals surface area contributed by atoms with E-state index < -0.39 is 11.7 Å². The van der Waals surface area contributed by atoms with Crippen LogP contribution in [0, 0.1) is 5.92 Å². The third-order valence-electron chi connectivity index (χ3n) is 6.09. The van der Waals surface area contributed by atoms with E-state index in [-0.39, 0.29) is 29.9 Å². The number of carbonyl (C=O) groups is 1. The van der Waals surface area contributed by atoms with E-state index in [0.29, 0.717) is 23.6 Å². The lowest BCUT2D eigenvalue weighted by atomic mass is 10.1. The molecular formula is C22H20F3N5O2. The number of pyridine rings is 2. The molecule has 1 aliphatic carbocycles. The summed E-state index contributed by atoms with van der Waals surface area (Å²) in [7, 11) is 1.85. The first-order valence-corrected chi connectivity index (χ1v) is 10.2. The Bertz CT molecular complexity index is 1140. The number of piperidine rings is 1. The molecule has 1 saturated heterocycles. The maximum Gasteiger partial charge on any atom is 0.417 e. The molecule has 0 spiro atoms. The van der Waals surface area contributed by atoms with Crippen LogP contribution in [0.3, 0.4) is 0 Å². The summed E-state index contributed by atoms with van der Waals surface area (Å²) < 4.78 is 46.0. The number of aromatic nitrogens is 4. The van der Waals surface area contributed by atoms with Gasteiger partial charge in [0.15, 0.2) is 0 Å². The predicted molar refractivity (Wildman–Crippen MR) is 108 cm³/mol. The van der Waals surface area contributed by atoms with E-state index in [1.54, 1.807) is 29.6 Å². The van der Waals surface area contributed by atoms with Crippen LogP contribution in [0.5, 0.6) is 5.88 Å². The predicted octanol–water partition coefficient (Wildman–Crippen LogP) is 3.58. The number of imidazole rings is 1. The van der Waals surface area contributed by atoms with Crippen LogP contribution < -0.4 is 4.74 Å². The number of likely N-dealkylation sites (tertiary alicyclic amines) is 1. The fraction of sp³-hybridized carbons (Fsp3) is 0.364. The Kier molecular flexibility index (Phi) is 4.87. The largest absolute Gasteiger partial charge is 0.472 e. The van der Waals surface area contributed by atoms with Crippen LogP contribution >= 0.6 is 0 Å². The minimum absolute atomic E-state index is 0.120. The molecule has 2 bridgehead atoms. The molecule has 10 heteroatoms. The summed E-state index contributed by atoms with van der Waals surface area (Å²) in [6, 6.07) is 5.56. The quantitative estimate of drug-likeness (QED) is 0.616. The smallest absolute Gasteiger partial charge is 0.417 e. The second-order valence-electron chi connectivity index (χ2n) is 8.16. The SMILES string of the molecule is Cn1ccnc1-c1cccnc1C(=O)N1C[C@H]2C[C@@H](Oc3ccc(C(F)(F)F)cn3)[C@@H]1C2. The molecule has 5 rings (SSSR count). The van der Waals surface area contributed by atoms with Crippen molar-refractivity contribution in [1.29, 1.82) is 0 Å². The second-order valence-corrected chi connectivity index (χ2v) is 8.16. The summed E-state index contributed by atoms with van der Waals surface area (Å²) in [5.74, 6) is 0.829. The van der Waals surface area contributed by atoms with Crippen LogP contribution in [0.25, 0.3) is 11.4 Å². The van der Waals surface area contributed by atoms with E-state index in [2.05, 4.69) is 15.0 Å². The maximum absolute atomic E-state index is 13.4. The molecule has 1 amide bonds. The van der Waals surface area contributed by atoms with Gasteiger partial charge in [-0.1, -0.05) is 0 Å². The zero-order valence-corrected chi connectivity index (χ0v) is 17.2. The van der Waals surface area contributed by atoms with Crippen molar-refractivity contribution < 1.29 is 22.7 Å². The van der Waals surface area contributed by atoms with E-state index in [0.717, 1.165) is 25.1 Å². The van der Waals surface area contributed by atoms with Gasteiger partial charge in [-0.2, -0.15) is 13.2 Å². The fourth-order valence-corrected chi connectivity index (χ4v) is 4.62. The molecule has 0 radical (unpaired) electrons. The minimum Gasteiger partial charge on any atom is -0.472 e. The number of fused-ring (bicyclic) bond motifs is 2. The van der Waals surface area contributed by atoms with Crippen LogP contribution in [0.15, 0.2) is 49.1 Å². The molecule has 0 unspecified atom stereocenters. The molecule has 0 N–H and O–H groups in total. The Balaban J connectivity index is 1.36. The molecule has 0 aromatic carbocycles. The van der Waals surface area contributed by atoms with Gasteiger partial charge < -0.3 is 14.2 Å². The normalized spacial score (nSPS) is 22.4. The maximum atomic E-state index is 13.4. The Morgan fingerprint density at radius 3 is 2.62 bits per heavy atom. The molecule has 4 heterocycles. The number of ether oxygens (including phenoxy) is 1. The van der Waals surface area contributed by atoms with Crippen LogP contribution in [0.2, 0.25) is 0 Å². The van der Waals surface area contributed by atoms with Crippen molar-refractivity contribution >= 4 is 5.91 Å². The molecular weight excluding hydrogens is 423 g/mol. The average Bonchev–Trinajstić information content (AvgIpc) is 3.49. The number of alkyl halides is 3. The number of halogens is 3. The molecule has 3 aromatic heterocycles. The lowest BCUT2D eigenvalue weighted by Crippen LogP contribution is -2.47. The van der Waals surface area contributed by atoms with Crippen molar-refractivity contribution in [2.45, 2.75) is 31.2 Å². The van der Waals surface area contributed by atoms with Crippen molar-refractivity contribution in [3.8, 4) is 17.3 Å². The Hall–Kier alpha value is -3.43. The highest BCUT2D eigenvalue weighted by Crippen LogP contribution is 2.41. The number of aryl methyl sites for hydroxylation is 1. The molecule has 2 aliphatic rings. The lowest BCUT2D eigenvalue weighted by molar-refractivity contribution is -0.137. The highest BCUT2D eigenvalue weighted by atomic mass is 19.4. The first-order chi connectivity index (χ1) is 15.3. The van der Waals surface area contributed by atoms with Gasteiger partial charge in [0.05, 0.1) is 11.6 Å². The standard InChI is InChI=1S/C22H20F3N5O2/c1-29-8-7-27-20(29)15-3-2-6-26-19(15)21(31)30-12-13-9-16(30)17(10-13)32-18-5-4-14(11-28-18)22(23,24)25/h2-8,11,13,16-17H,9-10,12H2,1H3/t13-,16+,17-/m1/s1. The van der Waals surface area contributed by atoms with Crippen LogP contribution in [-0.2, 0) is 13.2 Å². The average molecular weight is 443 g/mol. The number of amides is 1. The molecule has 1 saturated carbocycles. The summed E-state index contributed by atoms with van der Waals surface area (Å²) >= 11 is 0. The van der Waals surface area contributed by atoms with Gasteiger partial charge in [0.1, 0.15) is 17.6 Å². The highest BCUT2D eigenvalue weighted by Gasteiger charge is 2.49.